The molecule has 114 valence electrons. The molecule has 21 heavy (non-hydrogen) atoms. The van der Waals surface area contributed by atoms with Crippen molar-refractivity contribution in [2.75, 3.05) is 5.32 Å². The maximum atomic E-state index is 13.5. The third kappa shape index (κ3) is 3.01. The number of rotatable bonds is 3. The number of halogens is 2. The van der Waals surface area contributed by atoms with E-state index in [0.29, 0.717) is 11.8 Å². The smallest absolute Gasteiger partial charge is 0.319 e. The van der Waals surface area contributed by atoms with Crippen molar-refractivity contribution < 1.29 is 13.6 Å². The summed E-state index contributed by atoms with van der Waals surface area (Å²) in [4.78, 5) is 11.9. The van der Waals surface area contributed by atoms with Crippen LogP contribution in [0.15, 0.2) is 18.2 Å². The summed E-state index contributed by atoms with van der Waals surface area (Å²) < 4.78 is 26.3. The lowest BCUT2D eigenvalue weighted by Gasteiger charge is -2.28. The molecule has 2 aliphatic rings. The van der Waals surface area contributed by atoms with Crippen LogP contribution in [0.2, 0.25) is 0 Å². The lowest BCUT2D eigenvalue weighted by molar-refractivity contribution is 0.230. The molecule has 0 unspecified atom stereocenters. The highest BCUT2D eigenvalue weighted by Gasteiger charge is 2.42. The van der Waals surface area contributed by atoms with Gasteiger partial charge in [-0.3, -0.25) is 0 Å². The minimum Gasteiger partial charge on any atom is -0.335 e. The van der Waals surface area contributed by atoms with Crippen LogP contribution in [-0.4, -0.2) is 12.1 Å². The van der Waals surface area contributed by atoms with Gasteiger partial charge in [0, 0.05) is 12.1 Å². The van der Waals surface area contributed by atoms with Gasteiger partial charge in [-0.2, -0.15) is 0 Å². The zero-order valence-corrected chi connectivity index (χ0v) is 12.0. The Bertz CT molecular complexity index is 549. The molecule has 5 heteroatoms. The molecule has 2 saturated carbocycles. The first-order valence-electron chi connectivity index (χ1n) is 7.55. The average molecular weight is 294 g/mol. The Morgan fingerprint density at radius 1 is 1.29 bits per heavy atom. The first-order chi connectivity index (χ1) is 10.0. The number of benzene rings is 1. The minimum atomic E-state index is -0.766. The third-order valence-electron chi connectivity index (χ3n) is 4.97. The van der Waals surface area contributed by atoms with Crippen LogP contribution in [0.4, 0.5) is 19.3 Å². The standard InChI is InChI=1S/C16H20F2N2O/c1-9(13-7-10-2-3-11(13)6-10)19-16(21)20-15-5-4-12(17)8-14(15)18/h4-5,8-11,13H,2-3,6-7H2,1H3,(H2,19,20,21)/t9-,10+,11+,13+/m0/s1. The van der Waals surface area contributed by atoms with E-state index in [2.05, 4.69) is 10.6 Å². The normalized spacial score (nSPS) is 28.4. The average Bonchev–Trinajstić information content (AvgIpc) is 3.04. The van der Waals surface area contributed by atoms with Crippen molar-refractivity contribution in [3.63, 3.8) is 0 Å². The van der Waals surface area contributed by atoms with Crippen LogP contribution in [0.3, 0.4) is 0 Å². The number of carbonyl (C=O) groups is 1. The highest BCUT2D eigenvalue weighted by molar-refractivity contribution is 5.89. The van der Waals surface area contributed by atoms with E-state index < -0.39 is 17.7 Å². The van der Waals surface area contributed by atoms with Crippen molar-refractivity contribution in [2.24, 2.45) is 17.8 Å². The fourth-order valence-electron chi connectivity index (χ4n) is 3.97. The van der Waals surface area contributed by atoms with Crippen LogP contribution in [0.5, 0.6) is 0 Å². The largest absolute Gasteiger partial charge is 0.335 e. The Morgan fingerprint density at radius 3 is 2.71 bits per heavy atom. The Labute approximate surface area is 123 Å². The molecular formula is C16H20F2N2O. The Kier molecular flexibility index (Phi) is 3.83. The number of urea groups is 1. The number of fused-ring (bicyclic) bond motifs is 2. The predicted molar refractivity (Wildman–Crippen MR) is 76.9 cm³/mol. The maximum absolute atomic E-state index is 13.5. The summed E-state index contributed by atoms with van der Waals surface area (Å²) in [6.45, 7) is 2.01. The Morgan fingerprint density at radius 2 is 2.10 bits per heavy atom. The summed E-state index contributed by atoms with van der Waals surface area (Å²) >= 11 is 0. The molecule has 3 nitrogen and oxygen atoms in total. The second-order valence-corrected chi connectivity index (χ2v) is 6.35. The quantitative estimate of drug-likeness (QED) is 0.872. The molecule has 0 aromatic heterocycles. The first-order valence-corrected chi connectivity index (χ1v) is 7.55. The maximum Gasteiger partial charge on any atom is 0.319 e. The van der Waals surface area contributed by atoms with Crippen LogP contribution in [0.1, 0.15) is 32.6 Å². The van der Waals surface area contributed by atoms with E-state index in [1.165, 1.54) is 31.7 Å². The lowest BCUT2D eigenvalue weighted by Crippen LogP contribution is -2.42. The van der Waals surface area contributed by atoms with Crippen molar-refractivity contribution >= 4 is 11.7 Å². The molecule has 0 radical (unpaired) electrons. The van der Waals surface area contributed by atoms with Crippen molar-refractivity contribution in [1.82, 2.24) is 5.32 Å². The van der Waals surface area contributed by atoms with Gasteiger partial charge in [0.25, 0.3) is 0 Å². The second kappa shape index (κ2) is 5.62. The van der Waals surface area contributed by atoms with E-state index in [-0.39, 0.29) is 11.7 Å². The number of hydrogen-bond acceptors (Lipinski definition) is 1. The molecule has 2 N–H and O–H groups in total. The van der Waals surface area contributed by atoms with E-state index in [4.69, 9.17) is 0 Å². The van der Waals surface area contributed by atoms with Crippen molar-refractivity contribution in [3.05, 3.63) is 29.8 Å². The summed E-state index contributed by atoms with van der Waals surface area (Å²) in [5, 5.41) is 5.33. The van der Waals surface area contributed by atoms with Crippen molar-refractivity contribution in [3.8, 4) is 0 Å². The summed E-state index contributed by atoms with van der Waals surface area (Å²) in [6, 6.07) is 2.75. The molecule has 4 atom stereocenters. The molecule has 2 fully saturated rings. The van der Waals surface area contributed by atoms with E-state index in [1.54, 1.807) is 0 Å². The monoisotopic (exact) mass is 294 g/mol. The van der Waals surface area contributed by atoms with Crippen molar-refractivity contribution in [1.29, 1.82) is 0 Å². The molecule has 0 heterocycles. The summed E-state index contributed by atoms with van der Waals surface area (Å²) in [6.07, 6.45) is 5.04. The van der Waals surface area contributed by atoms with E-state index in [0.717, 1.165) is 18.1 Å². The van der Waals surface area contributed by atoms with Crippen LogP contribution >= 0.6 is 0 Å². The SMILES string of the molecule is C[C@H](NC(=O)Nc1ccc(F)cc1F)[C@H]1C[C@@H]2CC[C@@H]1C2. The van der Waals surface area contributed by atoms with E-state index in [9.17, 15) is 13.6 Å². The van der Waals surface area contributed by atoms with Gasteiger partial charge in [-0.05, 0) is 56.1 Å². The second-order valence-electron chi connectivity index (χ2n) is 6.35. The molecule has 0 spiro atoms. The van der Waals surface area contributed by atoms with E-state index in [1.807, 2.05) is 6.92 Å². The van der Waals surface area contributed by atoms with Gasteiger partial charge in [0.15, 0.2) is 0 Å². The summed E-state index contributed by atoms with van der Waals surface area (Å²) in [5.41, 5.74) is -0.00552. The molecule has 0 aliphatic heterocycles. The number of anilines is 1. The molecule has 3 rings (SSSR count). The number of nitrogens with one attached hydrogen (secondary N) is 2. The highest BCUT2D eigenvalue weighted by atomic mass is 19.1. The van der Waals surface area contributed by atoms with Gasteiger partial charge in [-0.1, -0.05) is 6.42 Å². The topological polar surface area (TPSA) is 41.1 Å². The molecular weight excluding hydrogens is 274 g/mol. The molecule has 0 saturated heterocycles. The molecule has 1 aromatic rings. The highest BCUT2D eigenvalue weighted by Crippen LogP contribution is 2.49. The fraction of sp³-hybridized carbons (Fsp3) is 0.562. The van der Waals surface area contributed by atoms with Gasteiger partial charge in [0.1, 0.15) is 11.6 Å². The zero-order valence-electron chi connectivity index (χ0n) is 12.0. The van der Waals surface area contributed by atoms with Gasteiger partial charge in [-0.25, -0.2) is 13.6 Å². The summed E-state index contributed by atoms with van der Waals surface area (Å²) in [7, 11) is 0. The molecule has 2 bridgehead atoms. The zero-order chi connectivity index (χ0) is 15.0. The molecule has 1 aromatic carbocycles. The fourth-order valence-corrected chi connectivity index (χ4v) is 3.97. The van der Waals surface area contributed by atoms with Gasteiger partial charge in [0.2, 0.25) is 0 Å². The van der Waals surface area contributed by atoms with Crippen LogP contribution in [0, 0.1) is 29.4 Å². The molecule has 2 aliphatic carbocycles. The van der Waals surface area contributed by atoms with Crippen LogP contribution in [-0.2, 0) is 0 Å². The summed E-state index contributed by atoms with van der Waals surface area (Å²) in [5.74, 6) is 0.633. The van der Waals surface area contributed by atoms with Gasteiger partial charge in [-0.15, -0.1) is 0 Å². The van der Waals surface area contributed by atoms with Crippen molar-refractivity contribution in [2.45, 2.75) is 38.6 Å². The first kappa shape index (κ1) is 14.3. The third-order valence-corrected chi connectivity index (χ3v) is 4.97. The van der Waals surface area contributed by atoms with Gasteiger partial charge >= 0.3 is 6.03 Å². The lowest BCUT2D eigenvalue weighted by atomic mass is 9.84. The van der Waals surface area contributed by atoms with E-state index >= 15 is 0 Å². The Hall–Kier alpha value is -1.65. The van der Waals surface area contributed by atoms with Gasteiger partial charge in [0.05, 0.1) is 5.69 Å². The minimum absolute atomic E-state index is 0.00552. The number of carbonyl (C=O) groups excluding carboxylic acids is 1. The van der Waals surface area contributed by atoms with Gasteiger partial charge < -0.3 is 10.6 Å². The predicted octanol–water partition coefficient (Wildman–Crippen LogP) is 3.91. The Balaban J connectivity index is 1.56. The number of hydrogen-bond donors (Lipinski definition) is 2. The van der Waals surface area contributed by atoms with Crippen LogP contribution < -0.4 is 10.6 Å². The van der Waals surface area contributed by atoms with Crippen LogP contribution in [0.25, 0.3) is 0 Å². The molecule has 2 amide bonds. The number of amides is 2.